The second-order valence-corrected chi connectivity index (χ2v) is 1.58. The molecule has 0 aromatic rings. The molecule has 0 N–H and O–H groups in total. The van der Waals surface area contributed by atoms with Crippen LogP contribution >= 0.6 is 0 Å². The van der Waals surface area contributed by atoms with Gasteiger partial charge in [-0.15, -0.1) is 0 Å². The summed E-state index contributed by atoms with van der Waals surface area (Å²) in [6.45, 7) is 3.57. The first kappa shape index (κ1) is 5.56. The zero-order valence-electron chi connectivity index (χ0n) is 5.00. The van der Waals surface area contributed by atoms with Gasteiger partial charge in [-0.3, -0.25) is 4.84 Å². The highest BCUT2D eigenvalue weighted by atomic mass is 16.7. The van der Waals surface area contributed by atoms with E-state index >= 15 is 0 Å². The van der Waals surface area contributed by atoms with Crippen LogP contribution in [0.1, 0.15) is 13.3 Å². The van der Waals surface area contributed by atoms with Crippen molar-refractivity contribution >= 4 is 6.21 Å². The van der Waals surface area contributed by atoms with Crippen LogP contribution in [0.2, 0.25) is 0 Å². The third-order valence-electron chi connectivity index (χ3n) is 0.938. The minimum absolute atomic E-state index is 0.706. The molecule has 0 aromatic carbocycles. The summed E-state index contributed by atoms with van der Waals surface area (Å²) in [6.07, 6.45) is 2.87. The summed E-state index contributed by atoms with van der Waals surface area (Å²) < 4.78 is 0. The van der Waals surface area contributed by atoms with Gasteiger partial charge in [-0.25, -0.2) is 0 Å². The standard InChI is InChI=1S/C5H10N2O/c1-2-8-7-5-3-4-6-7/h4H,2-3,5H2,1H3. The van der Waals surface area contributed by atoms with Crippen LogP contribution in [-0.4, -0.2) is 24.5 Å². The fourth-order valence-corrected chi connectivity index (χ4v) is 0.622. The van der Waals surface area contributed by atoms with Gasteiger partial charge in [-0.1, -0.05) is 0 Å². The van der Waals surface area contributed by atoms with E-state index in [1.54, 1.807) is 5.17 Å². The van der Waals surface area contributed by atoms with Crippen molar-refractivity contribution in [2.24, 2.45) is 5.10 Å². The Morgan fingerprint density at radius 3 is 3.25 bits per heavy atom. The van der Waals surface area contributed by atoms with Crippen LogP contribution in [-0.2, 0) is 4.84 Å². The monoisotopic (exact) mass is 114 g/mol. The van der Waals surface area contributed by atoms with Crippen LogP contribution in [0.15, 0.2) is 5.10 Å². The van der Waals surface area contributed by atoms with Gasteiger partial charge in [0, 0.05) is 12.6 Å². The Balaban J connectivity index is 2.16. The van der Waals surface area contributed by atoms with E-state index in [0.717, 1.165) is 13.0 Å². The van der Waals surface area contributed by atoms with E-state index in [0.29, 0.717) is 6.61 Å². The molecule has 0 unspecified atom stereocenters. The molecule has 0 aliphatic carbocycles. The Kier molecular flexibility index (Phi) is 1.86. The van der Waals surface area contributed by atoms with Crippen LogP contribution in [0.4, 0.5) is 0 Å². The molecule has 8 heavy (non-hydrogen) atoms. The number of hydrogen-bond donors (Lipinski definition) is 0. The normalized spacial score (nSPS) is 17.9. The topological polar surface area (TPSA) is 24.8 Å². The van der Waals surface area contributed by atoms with Gasteiger partial charge in [0.1, 0.15) is 0 Å². The van der Waals surface area contributed by atoms with Crippen LogP contribution in [0.5, 0.6) is 0 Å². The zero-order valence-corrected chi connectivity index (χ0v) is 5.00. The van der Waals surface area contributed by atoms with E-state index < -0.39 is 0 Å². The summed E-state index contributed by atoms with van der Waals surface area (Å²) in [6, 6.07) is 0. The number of nitrogens with zero attached hydrogens (tertiary/aromatic N) is 2. The number of rotatable bonds is 2. The Bertz CT molecular complexity index is 92.4. The van der Waals surface area contributed by atoms with Gasteiger partial charge < -0.3 is 0 Å². The molecule has 0 bridgehead atoms. The summed E-state index contributed by atoms with van der Waals surface area (Å²) in [5.74, 6) is 0. The van der Waals surface area contributed by atoms with Gasteiger partial charge in [0.25, 0.3) is 0 Å². The maximum absolute atomic E-state index is 5.04. The molecule has 0 atom stereocenters. The van der Waals surface area contributed by atoms with Crippen molar-refractivity contribution in [1.29, 1.82) is 0 Å². The lowest BCUT2D eigenvalue weighted by molar-refractivity contribution is -0.146. The first-order valence-electron chi connectivity index (χ1n) is 2.86. The zero-order chi connectivity index (χ0) is 5.82. The van der Waals surface area contributed by atoms with Gasteiger partial charge in [-0.05, 0) is 6.92 Å². The van der Waals surface area contributed by atoms with Crippen molar-refractivity contribution < 1.29 is 4.84 Å². The summed E-state index contributed by atoms with van der Waals surface area (Å²) in [5.41, 5.74) is 0. The van der Waals surface area contributed by atoms with Gasteiger partial charge in [0.15, 0.2) is 0 Å². The van der Waals surface area contributed by atoms with Crippen LogP contribution in [0.3, 0.4) is 0 Å². The fraction of sp³-hybridized carbons (Fsp3) is 0.800. The average Bonchev–Trinajstić information content (AvgIpc) is 2.19. The summed E-state index contributed by atoms with van der Waals surface area (Å²) in [7, 11) is 0. The van der Waals surface area contributed by atoms with E-state index in [1.165, 1.54) is 0 Å². The molecule has 0 saturated heterocycles. The molecule has 1 rings (SSSR count). The highest BCUT2D eigenvalue weighted by Crippen LogP contribution is 1.98. The second kappa shape index (κ2) is 2.67. The predicted molar refractivity (Wildman–Crippen MR) is 31.4 cm³/mol. The molecule has 1 heterocycles. The lowest BCUT2D eigenvalue weighted by Gasteiger charge is -2.09. The molecule has 0 radical (unpaired) electrons. The van der Waals surface area contributed by atoms with Crippen molar-refractivity contribution in [1.82, 2.24) is 5.17 Å². The molecule has 0 fully saturated rings. The smallest absolute Gasteiger partial charge is 0.0739 e. The van der Waals surface area contributed by atoms with E-state index in [-0.39, 0.29) is 0 Å². The minimum Gasteiger partial charge on any atom is -0.257 e. The van der Waals surface area contributed by atoms with Gasteiger partial charge in [0.2, 0.25) is 0 Å². The summed E-state index contributed by atoms with van der Waals surface area (Å²) in [4.78, 5) is 5.04. The molecule has 0 saturated carbocycles. The number of hydrazone groups is 1. The van der Waals surface area contributed by atoms with Crippen molar-refractivity contribution in [3.05, 3.63) is 0 Å². The van der Waals surface area contributed by atoms with Crippen molar-refractivity contribution in [3.8, 4) is 0 Å². The molecular formula is C5H10N2O. The first-order chi connectivity index (χ1) is 3.93. The molecular weight excluding hydrogens is 104 g/mol. The molecule has 0 amide bonds. The Hall–Kier alpha value is -0.570. The second-order valence-electron chi connectivity index (χ2n) is 1.58. The molecule has 3 heteroatoms. The highest BCUT2D eigenvalue weighted by molar-refractivity contribution is 5.58. The molecule has 46 valence electrons. The highest BCUT2D eigenvalue weighted by Gasteiger charge is 2.02. The van der Waals surface area contributed by atoms with Crippen LogP contribution < -0.4 is 0 Å². The van der Waals surface area contributed by atoms with Crippen molar-refractivity contribution in [3.63, 3.8) is 0 Å². The SMILES string of the molecule is CCON1CCC=N1. The first-order valence-corrected chi connectivity index (χ1v) is 2.86. The van der Waals surface area contributed by atoms with E-state index in [4.69, 9.17) is 4.84 Å². The van der Waals surface area contributed by atoms with E-state index in [9.17, 15) is 0 Å². The molecule has 1 aliphatic rings. The number of hydrogen-bond acceptors (Lipinski definition) is 3. The van der Waals surface area contributed by atoms with Crippen LogP contribution in [0.25, 0.3) is 0 Å². The molecule has 3 nitrogen and oxygen atoms in total. The van der Waals surface area contributed by atoms with Crippen molar-refractivity contribution in [2.45, 2.75) is 13.3 Å². The lowest BCUT2D eigenvalue weighted by Crippen LogP contribution is -2.13. The van der Waals surface area contributed by atoms with E-state index in [1.807, 2.05) is 13.1 Å². The summed E-state index contributed by atoms with van der Waals surface area (Å²) >= 11 is 0. The summed E-state index contributed by atoms with van der Waals surface area (Å²) in [5, 5.41) is 5.52. The Morgan fingerprint density at radius 2 is 2.75 bits per heavy atom. The molecule has 0 spiro atoms. The van der Waals surface area contributed by atoms with Crippen LogP contribution in [0, 0.1) is 0 Å². The quantitative estimate of drug-likeness (QED) is 0.526. The maximum Gasteiger partial charge on any atom is 0.0739 e. The Morgan fingerprint density at radius 1 is 1.88 bits per heavy atom. The largest absolute Gasteiger partial charge is 0.257 e. The third-order valence-corrected chi connectivity index (χ3v) is 0.938. The lowest BCUT2D eigenvalue weighted by atomic mass is 10.5. The number of hydroxylamine groups is 1. The minimum atomic E-state index is 0.706. The van der Waals surface area contributed by atoms with Gasteiger partial charge in [-0.2, -0.15) is 10.3 Å². The molecule has 0 aromatic heterocycles. The van der Waals surface area contributed by atoms with E-state index in [2.05, 4.69) is 5.10 Å². The molecule has 1 aliphatic heterocycles. The predicted octanol–water partition coefficient (Wildman–Crippen LogP) is 0.629. The average molecular weight is 114 g/mol. The van der Waals surface area contributed by atoms with Crippen molar-refractivity contribution in [2.75, 3.05) is 13.2 Å². The van der Waals surface area contributed by atoms with Gasteiger partial charge >= 0.3 is 0 Å². The maximum atomic E-state index is 5.04. The third kappa shape index (κ3) is 1.20. The fourth-order valence-electron chi connectivity index (χ4n) is 0.622. The van der Waals surface area contributed by atoms with Gasteiger partial charge in [0.05, 0.1) is 13.2 Å². The Labute approximate surface area is 48.9 Å².